The fraction of sp³-hybridized carbons (Fsp3) is 0.583. The zero-order valence-electron chi connectivity index (χ0n) is 26.4. The first-order valence-electron chi connectivity index (χ1n) is 15.9. The molecule has 2 aliphatic heterocycles. The lowest BCUT2D eigenvalue weighted by molar-refractivity contribution is -0.141. The van der Waals surface area contributed by atoms with Crippen molar-refractivity contribution in [1.82, 2.24) is 0 Å². The molecule has 230 valence electrons. The van der Waals surface area contributed by atoms with Crippen molar-refractivity contribution in [2.45, 2.75) is 115 Å². The summed E-state index contributed by atoms with van der Waals surface area (Å²) in [6.07, 6.45) is 8.29. The van der Waals surface area contributed by atoms with Crippen LogP contribution in [0.3, 0.4) is 0 Å². The Morgan fingerprint density at radius 1 is 0.929 bits per heavy atom. The molecule has 2 aliphatic rings. The van der Waals surface area contributed by atoms with Crippen LogP contribution in [-0.2, 0) is 23.4 Å². The molecule has 6 heteroatoms. The van der Waals surface area contributed by atoms with Gasteiger partial charge in [0.1, 0.15) is 5.78 Å². The van der Waals surface area contributed by atoms with Crippen molar-refractivity contribution in [1.29, 1.82) is 0 Å². The van der Waals surface area contributed by atoms with Crippen molar-refractivity contribution in [2.75, 3.05) is 13.7 Å². The highest BCUT2D eigenvalue weighted by Crippen LogP contribution is 2.37. The number of carbonyl (C=O) groups excluding carboxylic acids is 1. The Hall–Kier alpha value is -2.09. The van der Waals surface area contributed by atoms with Gasteiger partial charge in [0.05, 0.1) is 30.5 Å². The molecule has 0 bridgehead atoms. The first kappa shape index (κ1) is 32.8. The quantitative estimate of drug-likeness (QED) is 0.193. The van der Waals surface area contributed by atoms with Crippen LogP contribution in [0.4, 0.5) is 0 Å². The van der Waals surface area contributed by atoms with Crippen LogP contribution >= 0.6 is 0 Å². The molecular weight excluding hydrogens is 540 g/mol. The predicted molar refractivity (Wildman–Crippen MR) is 173 cm³/mol. The predicted octanol–water partition coefficient (Wildman–Crippen LogP) is 6.62. The van der Waals surface area contributed by atoms with Crippen molar-refractivity contribution in [3.63, 3.8) is 0 Å². The summed E-state index contributed by atoms with van der Waals surface area (Å²) in [4.78, 5) is 12.9. The SMILES string of the molecule is C=CC[C@@H]1CC[C@H](C)[C@@H](C[C@H](C[C@@H]2CC(=O)C[C@H](CCO[Si](c3ccccc3)(c3ccccc3)C(C)(C)C)O2)OC)O1. The average molecular weight is 593 g/mol. The number of benzene rings is 2. The number of carbonyl (C=O) groups is 1. The number of hydrogen-bond donors (Lipinski definition) is 0. The van der Waals surface area contributed by atoms with Crippen LogP contribution in [0.2, 0.25) is 5.04 Å². The third kappa shape index (κ3) is 8.09. The molecule has 6 atom stereocenters. The molecular formula is C36H52O5Si. The lowest BCUT2D eigenvalue weighted by atomic mass is 9.87. The van der Waals surface area contributed by atoms with Gasteiger partial charge in [-0.2, -0.15) is 0 Å². The van der Waals surface area contributed by atoms with Gasteiger partial charge in [-0.25, -0.2) is 0 Å². The van der Waals surface area contributed by atoms with Crippen molar-refractivity contribution >= 4 is 24.5 Å². The minimum Gasteiger partial charge on any atom is -0.407 e. The third-order valence-corrected chi connectivity index (χ3v) is 14.2. The van der Waals surface area contributed by atoms with Crippen molar-refractivity contribution < 1.29 is 23.4 Å². The van der Waals surface area contributed by atoms with E-state index in [9.17, 15) is 4.79 Å². The summed E-state index contributed by atoms with van der Waals surface area (Å²) >= 11 is 0. The highest BCUT2D eigenvalue weighted by atomic mass is 28.4. The molecule has 2 aromatic carbocycles. The summed E-state index contributed by atoms with van der Waals surface area (Å²) in [5.74, 6) is 0.758. The molecule has 2 heterocycles. The van der Waals surface area contributed by atoms with E-state index in [1.54, 1.807) is 7.11 Å². The largest absolute Gasteiger partial charge is 0.407 e. The Bertz CT molecular complexity index is 1080. The van der Waals surface area contributed by atoms with Gasteiger partial charge in [0, 0.05) is 39.4 Å². The smallest absolute Gasteiger partial charge is 0.261 e. The molecule has 0 aromatic heterocycles. The van der Waals surface area contributed by atoms with E-state index in [0.717, 1.165) is 25.7 Å². The van der Waals surface area contributed by atoms with Crippen LogP contribution in [0, 0.1) is 5.92 Å². The van der Waals surface area contributed by atoms with Gasteiger partial charge in [0.15, 0.2) is 0 Å². The molecule has 0 spiro atoms. The lowest BCUT2D eigenvalue weighted by Gasteiger charge is -2.43. The summed E-state index contributed by atoms with van der Waals surface area (Å²) in [6, 6.07) is 21.4. The van der Waals surface area contributed by atoms with Crippen LogP contribution < -0.4 is 10.4 Å². The molecule has 2 fully saturated rings. The van der Waals surface area contributed by atoms with E-state index >= 15 is 0 Å². The van der Waals surface area contributed by atoms with E-state index in [2.05, 4.69) is 94.9 Å². The van der Waals surface area contributed by atoms with Crippen LogP contribution in [-0.4, -0.2) is 58.3 Å². The maximum absolute atomic E-state index is 12.9. The summed E-state index contributed by atoms with van der Waals surface area (Å²) in [5, 5.41) is 2.44. The normalized spacial score (nSPS) is 26.1. The molecule has 0 N–H and O–H groups in total. The lowest BCUT2D eigenvalue weighted by Crippen LogP contribution is -2.66. The molecule has 2 saturated heterocycles. The van der Waals surface area contributed by atoms with E-state index in [0.29, 0.717) is 38.2 Å². The average Bonchev–Trinajstić information content (AvgIpc) is 2.97. The summed E-state index contributed by atoms with van der Waals surface area (Å²) in [7, 11) is -0.861. The van der Waals surface area contributed by atoms with E-state index in [-0.39, 0.29) is 41.3 Å². The van der Waals surface area contributed by atoms with E-state index in [4.69, 9.17) is 18.6 Å². The first-order valence-corrected chi connectivity index (χ1v) is 17.8. The Balaban J connectivity index is 1.41. The highest BCUT2D eigenvalue weighted by molar-refractivity contribution is 6.99. The van der Waals surface area contributed by atoms with Crippen molar-refractivity contribution in [3.8, 4) is 0 Å². The Morgan fingerprint density at radius 2 is 1.55 bits per heavy atom. The molecule has 0 unspecified atom stereocenters. The van der Waals surface area contributed by atoms with Crippen LogP contribution in [0.25, 0.3) is 0 Å². The molecule has 0 aliphatic carbocycles. The van der Waals surface area contributed by atoms with Crippen molar-refractivity contribution in [3.05, 3.63) is 73.3 Å². The van der Waals surface area contributed by atoms with E-state index in [1.807, 2.05) is 6.08 Å². The minimum atomic E-state index is -2.62. The van der Waals surface area contributed by atoms with Crippen molar-refractivity contribution in [2.24, 2.45) is 5.92 Å². The van der Waals surface area contributed by atoms with E-state index in [1.165, 1.54) is 10.4 Å². The fourth-order valence-electron chi connectivity index (χ4n) is 6.95. The third-order valence-electron chi connectivity index (χ3n) is 9.20. The van der Waals surface area contributed by atoms with Crippen LogP contribution in [0.15, 0.2) is 73.3 Å². The number of ether oxygens (including phenoxy) is 3. The van der Waals surface area contributed by atoms with Gasteiger partial charge in [-0.1, -0.05) is 94.4 Å². The Kier molecular flexibility index (Phi) is 11.8. The number of rotatable bonds is 13. The number of methoxy groups -OCH3 is 1. The maximum atomic E-state index is 12.9. The van der Waals surface area contributed by atoms with Gasteiger partial charge in [0.25, 0.3) is 8.32 Å². The standard InChI is InChI=1S/C36H52O5Si/c1-7-14-29-20-19-27(2)35(41-29)26-31(38-6)25-32-24-28(37)23-30(40-32)21-22-39-42(36(3,4)5,33-15-10-8-11-16-33)34-17-12-9-13-18-34/h7-13,15-18,27,29-32,35H,1,14,19-26H2,2-6H3/t27-,29+,30-,31-,32-,35+/m0/s1. The Labute approximate surface area is 255 Å². The molecule has 42 heavy (non-hydrogen) atoms. The first-order chi connectivity index (χ1) is 20.2. The number of Topliss-reactive ketones (excluding diaryl/α,β-unsaturated/α-hetero) is 1. The zero-order valence-corrected chi connectivity index (χ0v) is 27.4. The summed E-state index contributed by atoms with van der Waals surface area (Å²) in [6.45, 7) is 13.6. The Morgan fingerprint density at radius 3 is 2.12 bits per heavy atom. The van der Waals surface area contributed by atoms with Crippen LogP contribution in [0.1, 0.15) is 79.1 Å². The molecule has 4 rings (SSSR count). The van der Waals surface area contributed by atoms with Gasteiger partial charge >= 0.3 is 0 Å². The number of ketones is 1. The van der Waals surface area contributed by atoms with Gasteiger partial charge in [0.2, 0.25) is 0 Å². The molecule has 0 saturated carbocycles. The topological polar surface area (TPSA) is 54.0 Å². The molecule has 0 radical (unpaired) electrons. The van der Waals surface area contributed by atoms with Gasteiger partial charge in [-0.3, -0.25) is 4.79 Å². The van der Waals surface area contributed by atoms with Gasteiger partial charge in [-0.15, -0.1) is 6.58 Å². The zero-order chi connectivity index (χ0) is 30.2. The molecule has 2 aromatic rings. The highest BCUT2D eigenvalue weighted by Gasteiger charge is 2.50. The second-order valence-corrected chi connectivity index (χ2v) is 17.6. The fourth-order valence-corrected chi connectivity index (χ4v) is 11.5. The summed E-state index contributed by atoms with van der Waals surface area (Å²) in [5.41, 5.74) is 0. The second-order valence-electron chi connectivity index (χ2n) is 13.3. The second kappa shape index (κ2) is 15.1. The van der Waals surface area contributed by atoms with Crippen LogP contribution in [0.5, 0.6) is 0 Å². The van der Waals surface area contributed by atoms with Gasteiger partial charge in [-0.05, 0) is 47.0 Å². The van der Waals surface area contributed by atoms with E-state index < -0.39 is 8.32 Å². The number of hydrogen-bond acceptors (Lipinski definition) is 5. The monoisotopic (exact) mass is 592 g/mol. The summed E-state index contributed by atoms with van der Waals surface area (Å²) < 4.78 is 26.0. The molecule has 5 nitrogen and oxygen atoms in total. The minimum absolute atomic E-state index is 0.00941. The molecule has 0 amide bonds. The maximum Gasteiger partial charge on any atom is 0.261 e. The van der Waals surface area contributed by atoms with Gasteiger partial charge < -0.3 is 18.6 Å².